The van der Waals surface area contributed by atoms with E-state index < -0.39 is 30.1 Å². The van der Waals surface area contributed by atoms with Gasteiger partial charge in [-0.2, -0.15) is 13.2 Å². The molecule has 0 radical (unpaired) electrons. The Morgan fingerprint density at radius 3 is 2.13 bits per heavy atom. The second kappa shape index (κ2) is 8.29. The second-order valence-corrected chi connectivity index (χ2v) is 8.60. The van der Waals surface area contributed by atoms with E-state index >= 15 is 0 Å². The number of pyridine rings is 1. The minimum absolute atomic E-state index is 0.0959. The van der Waals surface area contributed by atoms with E-state index in [0.29, 0.717) is 40.9 Å². The highest BCUT2D eigenvalue weighted by atomic mass is 19.4. The number of benzene rings is 1. The maximum absolute atomic E-state index is 12.9. The van der Waals surface area contributed by atoms with Crippen molar-refractivity contribution in [1.29, 1.82) is 0 Å². The third-order valence-corrected chi connectivity index (χ3v) is 5.72. The summed E-state index contributed by atoms with van der Waals surface area (Å²) in [6.07, 6.45) is -6.25. The zero-order valence-corrected chi connectivity index (χ0v) is 17.5. The number of fused-ring (bicyclic) bond motifs is 1. The van der Waals surface area contributed by atoms with Crippen LogP contribution in [-0.4, -0.2) is 20.3 Å². The van der Waals surface area contributed by atoms with Crippen LogP contribution < -0.4 is 0 Å². The van der Waals surface area contributed by atoms with Crippen molar-refractivity contribution in [2.75, 3.05) is 0 Å². The lowest BCUT2D eigenvalue weighted by molar-refractivity contribution is -0.137. The van der Waals surface area contributed by atoms with E-state index in [1.807, 2.05) is 20.8 Å². The van der Waals surface area contributed by atoms with Crippen LogP contribution in [0.5, 0.6) is 0 Å². The molecule has 0 bridgehead atoms. The van der Waals surface area contributed by atoms with Gasteiger partial charge in [-0.15, -0.1) is 0 Å². The zero-order chi connectivity index (χ0) is 22.4. The van der Waals surface area contributed by atoms with Gasteiger partial charge in [0.05, 0.1) is 23.5 Å². The van der Waals surface area contributed by atoms with Crippen LogP contribution in [0.15, 0.2) is 24.3 Å². The van der Waals surface area contributed by atoms with Crippen LogP contribution in [0.25, 0.3) is 0 Å². The highest BCUT2D eigenvalue weighted by molar-refractivity contribution is 5.49. The predicted octanol–water partition coefficient (Wildman–Crippen LogP) is 4.97. The molecule has 1 aromatic heterocycles. The standard InChI is InChI=1S/C23H28F3NO3/c1-11(2)18-19-16(9-12(3)10-17(19)29)27-21(13(4)28)20(18)22(30)14-5-7-15(8-6-14)23(24,25)26/h5-8,11-13,17,22,28-30H,9-10H2,1-4H3/t12?,13?,17-,22?/m0/s1. The van der Waals surface area contributed by atoms with Gasteiger partial charge >= 0.3 is 6.18 Å². The van der Waals surface area contributed by atoms with Crippen LogP contribution in [0.1, 0.15) is 97.6 Å². The highest BCUT2D eigenvalue weighted by Gasteiger charge is 2.35. The molecule has 4 nitrogen and oxygen atoms in total. The summed E-state index contributed by atoms with van der Waals surface area (Å²) < 4.78 is 38.7. The number of rotatable bonds is 4. The fourth-order valence-electron chi connectivity index (χ4n) is 4.39. The van der Waals surface area contributed by atoms with Gasteiger partial charge in [-0.3, -0.25) is 4.98 Å². The van der Waals surface area contributed by atoms with Crippen LogP contribution in [-0.2, 0) is 12.6 Å². The van der Waals surface area contributed by atoms with Crippen molar-refractivity contribution >= 4 is 0 Å². The molecule has 7 heteroatoms. The van der Waals surface area contributed by atoms with Gasteiger partial charge in [0.25, 0.3) is 0 Å². The molecule has 3 unspecified atom stereocenters. The van der Waals surface area contributed by atoms with Crippen LogP contribution in [0.3, 0.4) is 0 Å². The molecule has 1 aliphatic rings. The van der Waals surface area contributed by atoms with Gasteiger partial charge in [0.1, 0.15) is 6.10 Å². The van der Waals surface area contributed by atoms with Crippen molar-refractivity contribution < 1.29 is 28.5 Å². The summed E-state index contributed by atoms with van der Waals surface area (Å²) in [6.45, 7) is 7.42. The fraction of sp³-hybridized carbons (Fsp3) is 0.522. The highest BCUT2D eigenvalue weighted by Crippen LogP contribution is 2.43. The molecule has 3 N–H and O–H groups in total. The fourth-order valence-corrected chi connectivity index (χ4v) is 4.39. The van der Waals surface area contributed by atoms with Crippen LogP contribution >= 0.6 is 0 Å². The molecule has 1 aliphatic carbocycles. The molecule has 4 atom stereocenters. The Hall–Kier alpha value is -1.96. The van der Waals surface area contributed by atoms with Crippen LogP contribution in [0.2, 0.25) is 0 Å². The van der Waals surface area contributed by atoms with E-state index in [9.17, 15) is 28.5 Å². The molecule has 164 valence electrons. The number of halogens is 3. The molecule has 0 fully saturated rings. The van der Waals surface area contributed by atoms with E-state index in [1.165, 1.54) is 12.1 Å². The van der Waals surface area contributed by atoms with Gasteiger partial charge in [0, 0.05) is 16.8 Å². The van der Waals surface area contributed by atoms with Crippen LogP contribution in [0, 0.1) is 5.92 Å². The molecule has 1 heterocycles. The molecule has 0 amide bonds. The van der Waals surface area contributed by atoms with Gasteiger partial charge < -0.3 is 15.3 Å². The van der Waals surface area contributed by atoms with Gasteiger partial charge in [-0.25, -0.2) is 0 Å². The average Bonchev–Trinajstić information content (AvgIpc) is 2.65. The Morgan fingerprint density at radius 2 is 1.63 bits per heavy atom. The summed E-state index contributed by atoms with van der Waals surface area (Å²) in [5, 5.41) is 32.4. The third-order valence-electron chi connectivity index (χ3n) is 5.72. The summed E-state index contributed by atoms with van der Waals surface area (Å²) >= 11 is 0. The molecular formula is C23H28F3NO3. The van der Waals surface area contributed by atoms with Crippen molar-refractivity contribution in [2.45, 2.75) is 70.9 Å². The molecule has 1 aromatic carbocycles. The van der Waals surface area contributed by atoms with E-state index in [2.05, 4.69) is 4.98 Å². The Labute approximate surface area is 174 Å². The molecule has 0 spiro atoms. The Kier molecular flexibility index (Phi) is 6.28. The molecule has 0 saturated heterocycles. The molecular weight excluding hydrogens is 395 g/mol. The number of nitrogens with zero attached hydrogens (tertiary/aromatic N) is 1. The summed E-state index contributed by atoms with van der Waals surface area (Å²) in [5.41, 5.74) is 2.23. The van der Waals surface area contributed by atoms with Gasteiger partial charge in [-0.05, 0) is 54.9 Å². The second-order valence-electron chi connectivity index (χ2n) is 8.60. The quantitative estimate of drug-likeness (QED) is 0.649. The van der Waals surface area contributed by atoms with Gasteiger partial charge in [0.15, 0.2) is 0 Å². The van der Waals surface area contributed by atoms with Gasteiger partial charge in [-0.1, -0.05) is 32.9 Å². The first kappa shape index (κ1) is 22.7. The normalized spacial score (nSPS) is 21.4. The maximum Gasteiger partial charge on any atom is 0.416 e. The van der Waals surface area contributed by atoms with Crippen molar-refractivity contribution in [2.24, 2.45) is 5.92 Å². The summed E-state index contributed by atoms with van der Waals surface area (Å²) in [7, 11) is 0. The topological polar surface area (TPSA) is 73.6 Å². The lowest BCUT2D eigenvalue weighted by Gasteiger charge is -2.33. The van der Waals surface area contributed by atoms with E-state index in [1.54, 1.807) is 6.92 Å². The number of hydrogen-bond acceptors (Lipinski definition) is 4. The lowest BCUT2D eigenvalue weighted by Crippen LogP contribution is -2.25. The molecule has 0 aliphatic heterocycles. The monoisotopic (exact) mass is 423 g/mol. The molecule has 2 aromatic rings. The Balaban J connectivity index is 2.21. The van der Waals surface area contributed by atoms with Gasteiger partial charge in [0.2, 0.25) is 0 Å². The minimum atomic E-state index is -4.47. The van der Waals surface area contributed by atoms with Crippen molar-refractivity contribution in [1.82, 2.24) is 4.98 Å². The summed E-state index contributed by atoms with van der Waals surface area (Å²) in [4.78, 5) is 4.61. The van der Waals surface area contributed by atoms with E-state index in [-0.39, 0.29) is 17.4 Å². The SMILES string of the molecule is CC1Cc2nc(C(C)O)c(C(O)c3ccc(C(F)(F)F)cc3)c(C(C)C)c2[C@@H](O)C1. The molecule has 0 saturated carbocycles. The minimum Gasteiger partial charge on any atom is -0.388 e. The summed E-state index contributed by atoms with van der Waals surface area (Å²) in [5.74, 6) is 0.133. The number of aromatic nitrogens is 1. The Bertz CT molecular complexity index is 907. The number of alkyl halides is 3. The Morgan fingerprint density at radius 1 is 1.03 bits per heavy atom. The van der Waals surface area contributed by atoms with E-state index in [0.717, 1.165) is 12.1 Å². The lowest BCUT2D eigenvalue weighted by atomic mass is 9.77. The smallest absolute Gasteiger partial charge is 0.388 e. The van der Waals surface area contributed by atoms with Crippen molar-refractivity contribution in [3.8, 4) is 0 Å². The number of aliphatic hydroxyl groups excluding tert-OH is 3. The van der Waals surface area contributed by atoms with Crippen molar-refractivity contribution in [3.05, 3.63) is 63.5 Å². The third kappa shape index (κ3) is 4.24. The first-order valence-electron chi connectivity index (χ1n) is 10.2. The van der Waals surface area contributed by atoms with Crippen LogP contribution in [0.4, 0.5) is 13.2 Å². The predicted molar refractivity (Wildman–Crippen MR) is 107 cm³/mol. The maximum atomic E-state index is 12.9. The first-order valence-corrected chi connectivity index (χ1v) is 10.2. The molecule has 30 heavy (non-hydrogen) atoms. The van der Waals surface area contributed by atoms with Crippen molar-refractivity contribution in [3.63, 3.8) is 0 Å². The first-order chi connectivity index (χ1) is 13.9. The average molecular weight is 423 g/mol. The van der Waals surface area contributed by atoms with E-state index in [4.69, 9.17) is 0 Å². The largest absolute Gasteiger partial charge is 0.416 e. The molecule has 3 rings (SSSR count). The zero-order valence-electron chi connectivity index (χ0n) is 17.5. The number of hydrogen-bond donors (Lipinski definition) is 3. The number of aliphatic hydroxyl groups is 3. The summed E-state index contributed by atoms with van der Waals surface area (Å²) in [6, 6.07) is 4.33.